The normalized spacial score (nSPS) is 11.5. The van der Waals surface area contributed by atoms with E-state index < -0.39 is 23.6 Å². The summed E-state index contributed by atoms with van der Waals surface area (Å²) in [5.74, 6) is -2.91. The lowest BCUT2D eigenvalue weighted by Gasteiger charge is -2.17. The largest absolute Gasteiger partial charge is 0.363 e. The van der Waals surface area contributed by atoms with Crippen LogP contribution in [0.25, 0.3) is 10.9 Å². The van der Waals surface area contributed by atoms with Crippen LogP contribution in [0.1, 0.15) is 32.0 Å². The van der Waals surface area contributed by atoms with Crippen molar-refractivity contribution in [2.45, 2.75) is 19.4 Å². The Labute approximate surface area is 207 Å². The highest BCUT2D eigenvalue weighted by atomic mass is 16.2. The van der Waals surface area contributed by atoms with Crippen LogP contribution in [0.4, 0.5) is 5.69 Å². The molecule has 1 heterocycles. The number of hydrogen-bond acceptors (Lipinski definition) is 5. The summed E-state index contributed by atoms with van der Waals surface area (Å²) in [6.45, 7) is 1.75. The first kappa shape index (κ1) is 24.3. The molecule has 0 aliphatic carbocycles. The fourth-order valence-corrected chi connectivity index (χ4v) is 3.80. The Kier molecular flexibility index (Phi) is 7.15. The van der Waals surface area contributed by atoms with Crippen LogP contribution in [0.5, 0.6) is 0 Å². The molecule has 3 amide bonds. The van der Waals surface area contributed by atoms with Crippen molar-refractivity contribution in [2.75, 3.05) is 5.32 Å². The van der Waals surface area contributed by atoms with Crippen molar-refractivity contribution >= 4 is 40.1 Å². The van der Waals surface area contributed by atoms with Crippen molar-refractivity contribution in [2.24, 2.45) is 5.73 Å². The molecule has 0 aliphatic heterocycles. The van der Waals surface area contributed by atoms with Gasteiger partial charge in [0.2, 0.25) is 5.78 Å². The highest BCUT2D eigenvalue weighted by Gasteiger charge is 2.26. The number of nitrogens with one attached hydrogen (secondary N) is 2. The monoisotopic (exact) mass is 480 g/mol. The topological polar surface area (TPSA) is 131 Å². The Hall–Kier alpha value is -4.85. The molecule has 4 rings (SSSR count). The summed E-state index contributed by atoms with van der Waals surface area (Å²) in [4.78, 5) is 53.9. The van der Waals surface area contributed by atoms with Crippen LogP contribution < -0.4 is 16.4 Å². The van der Waals surface area contributed by atoms with Crippen LogP contribution >= 0.6 is 0 Å². The number of aryl methyl sites for hydroxylation is 1. The second-order valence-corrected chi connectivity index (χ2v) is 8.32. The number of amides is 3. The molecule has 3 aromatic carbocycles. The summed E-state index contributed by atoms with van der Waals surface area (Å²) in [5.41, 5.74) is 8.36. The van der Waals surface area contributed by atoms with Crippen LogP contribution in [0.3, 0.4) is 0 Å². The molecule has 4 aromatic rings. The van der Waals surface area contributed by atoms with E-state index in [4.69, 9.17) is 5.73 Å². The van der Waals surface area contributed by atoms with Crippen molar-refractivity contribution in [3.05, 3.63) is 107 Å². The molecule has 0 radical (unpaired) electrons. The molecule has 0 unspecified atom stereocenters. The predicted molar refractivity (Wildman–Crippen MR) is 136 cm³/mol. The highest BCUT2D eigenvalue weighted by Crippen LogP contribution is 2.19. The molecule has 0 saturated carbocycles. The van der Waals surface area contributed by atoms with Crippen molar-refractivity contribution in [1.29, 1.82) is 0 Å². The zero-order valence-corrected chi connectivity index (χ0v) is 19.5. The van der Waals surface area contributed by atoms with Crippen LogP contribution in [-0.2, 0) is 16.0 Å². The number of pyridine rings is 1. The summed E-state index contributed by atoms with van der Waals surface area (Å²) in [6, 6.07) is 23.6. The van der Waals surface area contributed by atoms with Gasteiger partial charge >= 0.3 is 0 Å². The van der Waals surface area contributed by atoms with E-state index in [2.05, 4.69) is 15.6 Å². The van der Waals surface area contributed by atoms with Gasteiger partial charge in [-0.05, 0) is 48.4 Å². The molecule has 1 atom stereocenters. The average Bonchev–Trinajstić information content (AvgIpc) is 2.89. The van der Waals surface area contributed by atoms with Gasteiger partial charge in [0.15, 0.2) is 0 Å². The smallest absolute Gasteiger partial charge is 0.287 e. The number of nitrogens with two attached hydrogens (primary N) is 1. The summed E-state index contributed by atoms with van der Waals surface area (Å²) >= 11 is 0. The summed E-state index contributed by atoms with van der Waals surface area (Å²) in [7, 11) is 0. The lowest BCUT2D eigenvalue weighted by Crippen LogP contribution is -2.47. The van der Waals surface area contributed by atoms with E-state index in [1.54, 1.807) is 49.4 Å². The van der Waals surface area contributed by atoms with E-state index in [9.17, 15) is 19.2 Å². The van der Waals surface area contributed by atoms with Crippen LogP contribution in [-0.4, -0.2) is 34.5 Å². The Morgan fingerprint density at radius 3 is 2.31 bits per heavy atom. The Balaban J connectivity index is 1.48. The van der Waals surface area contributed by atoms with E-state index in [1.807, 2.05) is 36.4 Å². The molecule has 180 valence electrons. The summed E-state index contributed by atoms with van der Waals surface area (Å²) in [5, 5.41) is 6.35. The highest BCUT2D eigenvalue weighted by molar-refractivity contribution is 6.38. The number of para-hydroxylation sites is 1. The number of fused-ring (bicyclic) bond motifs is 1. The van der Waals surface area contributed by atoms with E-state index in [0.29, 0.717) is 16.8 Å². The minimum atomic E-state index is -1.12. The number of hydrogen-bond donors (Lipinski definition) is 3. The SMILES string of the molecule is Cc1cc(C(=O)N[C@@H](Cc2ccccc2)C(=O)C(N)=O)ccc1NC(=O)c1ccc2ccccc2n1. The number of nitrogens with zero attached hydrogens (tertiary/aromatic N) is 1. The minimum Gasteiger partial charge on any atom is -0.363 e. The molecule has 0 fully saturated rings. The van der Waals surface area contributed by atoms with Gasteiger partial charge in [-0.2, -0.15) is 0 Å². The second-order valence-electron chi connectivity index (χ2n) is 8.32. The van der Waals surface area contributed by atoms with Gasteiger partial charge in [0, 0.05) is 23.1 Å². The molecular weight excluding hydrogens is 456 g/mol. The van der Waals surface area contributed by atoms with Gasteiger partial charge in [0.25, 0.3) is 17.7 Å². The van der Waals surface area contributed by atoms with E-state index >= 15 is 0 Å². The van der Waals surface area contributed by atoms with E-state index in [-0.39, 0.29) is 23.6 Å². The maximum Gasteiger partial charge on any atom is 0.287 e. The first-order valence-electron chi connectivity index (χ1n) is 11.3. The van der Waals surface area contributed by atoms with Gasteiger partial charge in [-0.3, -0.25) is 19.2 Å². The zero-order chi connectivity index (χ0) is 25.7. The molecule has 0 saturated heterocycles. The van der Waals surface area contributed by atoms with Gasteiger partial charge in [-0.25, -0.2) is 4.98 Å². The van der Waals surface area contributed by atoms with Gasteiger partial charge in [0.1, 0.15) is 11.7 Å². The third kappa shape index (κ3) is 5.61. The van der Waals surface area contributed by atoms with Crippen molar-refractivity contribution in [3.63, 3.8) is 0 Å². The summed E-state index contributed by atoms with van der Waals surface area (Å²) in [6.07, 6.45) is 0.125. The van der Waals surface area contributed by atoms with Gasteiger partial charge in [-0.15, -0.1) is 0 Å². The molecule has 1 aromatic heterocycles. The van der Waals surface area contributed by atoms with Gasteiger partial charge in [-0.1, -0.05) is 54.6 Å². The van der Waals surface area contributed by atoms with E-state index in [0.717, 1.165) is 10.9 Å². The van der Waals surface area contributed by atoms with Crippen LogP contribution in [0, 0.1) is 6.92 Å². The molecule has 8 heteroatoms. The van der Waals surface area contributed by atoms with Crippen molar-refractivity contribution in [3.8, 4) is 0 Å². The molecule has 0 spiro atoms. The molecule has 36 heavy (non-hydrogen) atoms. The van der Waals surface area contributed by atoms with Crippen molar-refractivity contribution in [1.82, 2.24) is 10.3 Å². The molecule has 8 nitrogen and oxygen atoms in total. The third-order valence-corrected chi connectivity index (χ3v) is 5.72. The number of carbonyl (C=O) groups is 4. The fourth-order valence-electron chi connectivity index (χ4n) is 3.80. The number of rotatable bonds is 8. The number of carbonyl (C=O) groups excluding carboxylic acids is 4. The number of primary amides is 1. The molecular formula is C28H24N4O4. The quantitative estimate of drug-likeness (QED) is 0.333. The van der Waals surface area contributed by atoms with Crippen molar-refractivity contribution < 1.29 is 19.2 Å². The first-order chi connectivity index (χ1) is 17.3. The number of aromatic nitrogens is 1. The lowest BCUT2D eigenvalue weighted by molar-refractivity contribution is -0.137. The second kappa shape index (κ2) is 10.6. The Morgan fingerprint density at radius 2 is 1.58 bits per heavy atom. The maximum atomic E-state index is 12.9. The molecule has 4 N–H and O–H groups in total. The molecule has 0 bridgehead atoms. The fraction of sp³-hybridized carbons (Fsp3) is 0.107. The zero-order valence-electron chi connectivity index (χ0n) is 19.5. The number of anilines is 1. The standard InChI is InChI=1S/C28H24N4O4/c1-17-15-20(27(35)32-24(25(33)26(29)34)16-18-7-3-2-4-8-18)12-13-21(17)31-28(36)23-14-11-19-9-5-6-10-22(19)30-23/h2-15,24H,16H2,1H3,(H2,29,34)(H,31,36)(H,32,35)/t24-/m0/s1. The van der Waals surface area contributed by atoms with Gasteiger partial charge < -0.3 is 16.4 Å². The first-order valence-corrected chi connectivity index (χ1v) is 11.3. The van der Waals surface area contributed by atoms with Crippen LogP contribution in [0.2, 0.25) is 0 Å². The average molecular weight is 481 g/mol. The minimum absolute atomic E-state index is 0.125. The van der Waals surface area contributed by atoms with E-state index in [1.165, 1.54) is 6.07 Å². The third-order valence-electron chi connectivity index (χ3n) is 5.72. The number of ketones is 1. The summed E-state index contributed by atoms with van der Waals surface area (Å²) < 4.78 is 0. The number of benzene rings is 3. The molecule has 0 aliphatic rings. The predicted octanol–water partition coefficient (Wildman–Crippen LogP) is 3.19. The Bertz CT molecular complexity index is 1470. The lowest BCUT2D eigenvalue weighted by atomic mass is 10.0. The number of Topliss-reactive ketones (excluding diaryl/α,β-unsaturated/α-hetero) is 1. The van der Waals surface area contributed by atoms with Crippen LogP contribution in [0.15, 0.2) is 84.9 Å². The Morgan fingerprint density at radius 1 is 0.861 bits per heavy atom. The maximum absolute atomic E-state index is 12.9. The van der Waals surface area contributed by atoms with Gasteiger partial charge in [0.05, 0.1) is 5.52 Å².